The van der Waals surface area contributed by atoms with Gasteiger partial charge in [-0.3, -0.25) is 0 Å². The summed E-state index contributed by atoms with van der Waals surface area (Å²) in [7, 11) is 0. The van der Waals surface area contributed by atoms with E-state index in [1.807, 2.05) is 13.8 Å². The summed E-state index contributed by atoms with van der Waals surface area (Å²) in [6.45, 7) is 7.98. The van der Waals surface area contributed by atoms with Crippen molar-refractivity contribution in [3.8, 4) is 6.01 Å². The minimum Gasteiger partial charge on any atom is -0.461 e. The second kappa shape index (κ2) is 6.86. The van der Waals surface area contributed by atoms with Gasteiger partial charge in [0.1, 0.15) is 0 Å². The van der Waals surface area contributed by atoms with Gasteiger partial charge >= 0.3 is 6.01 Å². The molecule has 6 nitrogen and oxygen atoms in total. The normalized spacial score (nSPS) is 16.0. The lowest BCUT2D eigenvalue weighted by Gasteiger charge is -2.15. The predicted molar refractivity (Wildman–Crippen MR) is 74.8 cm³/mol. The Labute approximate surface area is 118 Å². The van der Waals surface area contributed by atoms with Crippen LogP contribution in [0.1, 0.15) is 26.7 Å². The second-order valence-corrected chi connectivity index (χ2v) is 5.19. The van der Waals surface area contributed by atoms with E-state index in [4.69, 9.17) is 16.3 Å². The van der Waals surface area contributed by atoms with E-state index in [2.05, 4.69) is 25.2 Å². The minimum atomic E-state index is 0.0101. The summed E-state index contributed by atoms with van der Waals surface area (Å²) < 4.78 is 5.42. The van der Waals surface area contributed by atoms with Crippen LogP contribution in [0.25, 0.3) is 0 Å². The Hall–Kier alpha value is -1.14. The first-order valence-electron chi connectivity index (χ1n) is 6.68. The van der Waals surface area contributed by atoms with E-state index in [1.54, 1.807) is 0 Å². The van der Waals surface area contributed by atoms with Crippen LogP contribution in [0.4, 0.5) is 5.95 Å². The number of aromatic nitrogens is 3. The molecule has 0 atom stereocenters. The van der Waals surface area contributed by atoms with Crippen molar-refractivity contribution >= 4 is 17.5 Å². The molecule has 106 valence electrons. The number of nitrogens with one attached hydrogen (secondary N) is 1. The number of nitrogens with zero attached hydrogens (tertiary/aromatic N) is 4. The Kier molecular flexibility index (Phi) is 5.15. The summed E-state index contributed by atoms with van der Waals surface area (Å²) in [5.74, 6) is 0.467. The third kappa shape index (κ3) is 4.80. The molecule has 1 aromatic heterocycles. The molecule has 0 bridgehead atoms. The van der Waals surface area contributed by atoms with Crippen LogP contribution < -0.4 is 10.1 Å². The highest BCUT2D eigenvalue weighted by molar-refractivity contribution is 6.28. The molecular formula is C12H20ClN5O. The largest absolute Gasteiger partial charge is 0.461 e. The monoisotopic (exact) mass is 285 g/mol. The summed E-state index contributed by atoms with van der Waals surface area (Å²) in [5.41, 5.74) is 0. The van der Waals surface area contributed by atoms with Crippen LogP contribution in [0.2, 0.25) is 5.28 Å². The van der Waals surface area contributed by atoms with Crippen molar-refractivity contribution < 1.29 is 4.74 Å². The van der Waals surface area contributed by atoms with Crippen molar-refractivity contribution in [2.24, 2.45) is 0 Å². The molecule has 19 heavy (non-hydrogen) atoms. The lowest BCUT2D eigenvalue weighted by atomic mass is 10.4. The third-order valence-electron chi connectivity index (χ3n) is 2.84. The fourth-order valence-electron chi connectivity index (χ4n) is 2.01. The number of hydrogen-bond acceptors (Lipinski definition) is 6. The molecule has 1 aliphatic rings. The lowest BCUT2D eigenvalue weighted by Crippen LogP contribution is -2.26. The van der Waals surface area contributed by atoms with E-state index in [0.29, 0.717) is 5.95 Å². The SMILES string of the molecule is CC(C)Oc1nc(Cl)nc(NCCN2CCCC2)n1. The number of anilines is 1. The molecular weight excluding hydrogens is 266 g/mol. The summed E-state index contributed by atoms with van der Waals surface area (Å²) >= 11 is 5.85. The molecule has 1 saturated heterocycles. The molecule has 1 aliphatic heterocycles. The molecule has 7 heteroatoms. The van der Waals surface area contributed by atoms with Crippen molar-refractivity contribution in [3.63, 3.8) is 0 Å². The van der Waals surface area contributed by atoms with Crippen molar-refractivity contribution in [2.45, 2.75) is 32.8 Å². The molecule has 0 unspecified atom stereocenters. The first-order valence-corrected chi connectivity index (χ1v) is 7.06. The topological polar surface area (TPSA) is 63.2 Å². The average molecular weight is 286 g/mol. The van der Waals surface area contributed by atoms with E-state index in [1.165, 1.54) is 25.9 Å². The number of likely N-dealkylation sites (tertiary alicyclic amines) is 1. The van der Waals surface area contributed by atoms with Gasteiger partial charge in [-0.05, 0) is 51.4 Å². The van der Waals surface area contributed by atoms with Crippen molar-refractivity contribution in [3.05, 3.63) is 5.28 Å². The molecule has 2 rings (SSSR count). The number of rotatable bonds is 6. The molecule has 2 heterocycles. The third-order valence-corrected chi connectivity index (χ3v) is 3.01. The first kappa shape index (κ1) is 14.3. The van der Waals surface area contributed by atoms with Gasteiger partial charge < -0.3 is 15.0 Å². The Morgan fingerprint density at radius 1 is 1.26 bits per heavy atom. The Bertz CT molecular complexity index is 409. The highest BCUT2D eigenvalue weighted by Gasteiger charge is 2.11. The molecule has 0 spiro atoms. The van der Waals surface area contributed by atoms with Crippen LogP contribution in [0, 0.1) is 0 Å². The van der Waals surface area contributed by atoms with Crippen molar-refractivity contribution in [1.29, 1.82) is 0 Å². The fourth-order valence-corrected chi connectivity index (χ4v) is 2.16. The van der Waals surface area contributed by atoms with Gasteiger partial charge in [-0.25, -0.2) is 0 Å². The van der Waals surface area contributed by atoms with Gasteiger partial charge in [0.2, 0.25) is 11.2 Å². The van der Waals surface area contributed by atoms with Crippen LogP contribution >= 0.6 is 11.6 Å². The van der Waals surface area contributed by atoms with E-state index < -0.39 is 0 Å². The predicted octanol–water partition coefficient (Wildman–Crippen LogP) is 1.82. The maximum atomic E-state index is 5.85. The molecule has 1 fully saturated rings. The van der Waals surface area contributed by atoms with E-state index in [-0.39, 0.29) is 17.4 Å². The second-order valence-electron chi connectivity index (χ2n) is 4.85. The van der Waals surface area contributed by atoms with Gasteiger partial charge in [0, 0.05) is 13.1 Å². The molecule has 1 aromatic rings. The van der Waals surface area contributed by atoms with Gasteiger partial charge in [-0.2, -0.15) is 15.0 Å². The lowest BCUT2D eigenvalue weighted by molar-refractivity contribution is 0.222. The summed E-state index contributed by atoms with van der Waals surface area (Å²) in [6, 6.07) is 0.263. The van der Waals surface area contributed by atoms with E-state index in [9.17, 15) is 0 Å². The number of ether oxygens (including phenoxy) is 1. The van der Waals surface area contributed by atoms with Crippen LogP contribution in [0.5, 0.6) is 6.01 Å². The van der Waals surface area contributed by atoms with E-state index in [0.717, 1.165) is 13.1 Å². The average Bonchev–Trinajstić information content (AvgIpc) is 2.80. The van der Waals surface area contributed by atoms with Crippen molar-refractivity contribution in [1.82, 2.24) is 19.9 Å². The van der Waals surface area contributed by atoms with Crippen LogP contribution in [0.15, 0.2) is 0 Å². The number of hydrogen-bond donors (Lipinski definition) is 1. The molecule has 1 N–H and O–H groups in total. The highest BCUT2D eigenvalue weighted by atomic mass is 35.5. The van der Waals surface area contributed by atoms with E-state index >= 15 is 0 Å². The standard InChI is InChI=1S/C12H20ClN5O/c1-9(2)19-12-16-10(13)15-11(17-12)14-5-8-18-6-3-4-7-18/h9H,3-8H2,1-2H3,(H,14,15,16,17). The Morgan fingerprint density at radius 3 is 2.68 bits per heavy atom. The van der Waals surface area contributed by atoms with Gasteiger partial charge in [0.05, 0.1) is 6.10 Å². The summed E-state index contributed by atoms with van der Waals surface area (Å²) in [6.07, 6.45) is 2.60. The van der Waals surface area contributed by atoms with Crippen LogP contribution in [0.3, 0.4) is 0 Å². The summed E-state index contributed by atoms with van der Waals surface area (Å²) in [4.78, 5) is 14.6. The zero-order valence-corrected chi connectivity index (χ0v) is 12.2. The fraction of sp³-hybridized carbons (Fsp3) is 0.750. The Morgan fingerprint density at radius 2 is 2.00 bits per heavy atom. The van der Waals surface area contributed by atoms with Gasteiger partial charge in [-0.15, -0.1) is 0 Å². The van der Waals surface area contributed by atoms with Crippen molar-refractivity contribution in [2.75, 3.05) is 31.5 Å². The number of halogens is 1. The maximum Gasteiger partial charge on any atom is 0.322 e. The van der Waals surface area contributed by atoms with Crippen LogP contribution in [-0.2, 0) is 0 Å². The molecule has 0 radical (unpaired) electrons. The summed E-state index contributed by atoms with van der Waals surface area (Å²) in [5, 5.41) is 3.31. The molecule has 0 aromatic carbocycles. The molecule has 0 saturated carbocycles. The molecule has 0 aliphatic carbocycles. The molecule has 0 amide bonds. The zero-order chi connectivity index (χ0) is 13.7. The smallest absolute Gasteiger partial charge is 0.322 e. The zero-order valence-electron chi connectivity index (χ0n) is 11.4. The van der Waals surface area contributed by atoms with Gasteiger partial charge in [-0.1, -0.05) is 0 Å². The van der Waals surface area contributed by atoms with Crippen LogP contribution in [-0.4, -0.2) is 52.1 Å². The quantitative estimate of drug-likeness (QED) is 0.860. The maximum absolute atomic E-state index is 5.85. The highest BCUT2D eigenvalue weighted by Crippen LogP contribution is 2.12. The first-order chi connectivity index (χ1) is 9.13. The van der Waals surface area contributed by atoms with Gasteiger partial charge in [0.15, 0.2) is 0 Å². The van der Waals surface area contributed by atoms with Gasteiger partial charge in [0.25, 0.3) is 0 Å². The minimum absolute atomic E-state index is 0.0101. The Balaban J connectivity index is 1.86.